The van der Waals surface area contributed by atoms with Crippen molar-refractivity contribution in [2.24, 2.45) is 16.8 Å². The van der Waals surface area contributed by atoms with Gasteiger partial charge in [-0.3, -0.25) is 4.99 Å². The topological polar surface area (TPSA) is 36.4 Å². The molecule has 0 amide bonds. The van der Waals surface area contributed by atoms with E-state index in [1.165, 1.54) is 25.7 Å². The maximum atomic E-state index is 4.25. The molecule has 0 aromatic rings. The second-order valence-electron chi connectivity index (χ2n) is 4.89. The minimum atomic E-state index is 0. The molecule has 0 aromatic carbocycles. The number of hydrogen-bond acceptors (Lipinski definition) is 2. The number of nitrogens with one attached hydrogen (secondary N) is 2. The fourth-order valence-corrected chi connectivity index (χ4v) is 2.72. The van der Waals surface area contributed by atoms with E-state index in [-0.39, 0.29) is 24.0 Å². The van der Waals surface area contributed by atoms with Gasteiger partial charge in [-0.05, 0) is 24.5 Å². The standard InChI is InChI=1S/C13H27N3S.HI/c1-11-6-4-5-7-12(11)10-16-13(14-2)15-8-9-17-3;/h11-12H,4-10H2,1-3H3,(H2,14,15,16);1H. The van der Waals surface area contributed by atoms with Crippen molar-refractivity contribution in [3.8, 4) is 0 Å². The predicted molar refractivity (Wildman–Crippen MR) is 94.3 cm³/mol. The van der Waals surface area contributed by atoms with Crippen molar-refractivity contribution in [2.75, 3.05) is 32.1 Å². The monoisotopic (exact) mass is 385 g/mol. The van der Waals surface area contributed by atoms with Gasteiger partial charge < -0.3 is 10.6 Å². The van der Waals surface area contributed by atoms with E-state index in [9.17, 15) is 0 Å². The Hall–Kier alpha value is 0.350. The Morgan fingerprint density at radius 2 is 2.00 bits per heavy atom. The van der Waals surface area contributed by atoms with E-state index >= 15 is 0 Å². The number of nitrogens with zero attached hydrogens (tertiary/aromatic N) is 1. The van der Waals surface area contributed by atoms with Gasteiger partial charge in [-0.1, -0.05) is 26.2 Å². The van der Waals surface area contributed by atoms with Crippen molar-refractivity contribution in [1.82, 2.24) is 10.6 Å². The van der Waals surface area contributed by atoms with Crippen molar-refractivity contribution < 1.29 is 0 Å². The van der Waals surface area contributed by atoms with E-state index in [0.717, 1.165) is 36.6 Å². The highest BCUT2D eigenvalue weighted by Gasteiger charge is 2.20. The summed E-state index contributed by atoms with van der Waals surface area (Å²) in [5.74, 6) is 3.76. The zero-order valence-electron chi connectivity index (χ0n) is 11.9. The molecule has 0 bridgehead atoms. The molecule has 0 radical (unpaired) electrons. The molecular weight excluding hydrogens is 357 g/mol. The lowest BCUT2D eigenvalue weighted by Gasteiger charge is -2.29. The van der Waals surface area contributed by atoms with Gasteiger partial charge in [0.25, 0.3) is 0 Å². The summed E-state index contributed by atoms with van der Waals surface area (Å²) in [7, 11) is 1.85. The van der Waals surface area contributed by atoms with Gasteiger partial charge >= 0.3 is 0 Å². The first-order valence-electron chi connectivity index (χ1n) is 6.71. The molecule has 0 saturated heterocycles. The molecule has 2 atom stereocenters. The minimum absolute atomic E-state index is 0. The summed E-state index contributed by atoms with van der Waals surface area (Å²) < 4.78 is 0. The van der Waals surface area contributed by atoms with Crippen molar-refractivity contribution >= 4 is 41.7 Å². The molecule has 0 aromatic heterocycles. The van der Waals surface area contributed by atoms with Crippen molar-refractivity contribution in [2.45, 2.75) is 32.6 Å². The van der Waals surface area contributed by atoms with E-state index in [4.69, 9.17) is 0 Å². The molecule has 1 rings (SSSR count). The fraction of sp³-hybridized carbons (Fsp3) is 0.923. The van der Waals surface area contributed by atoms with Crippen LogP contribution in [0.2, 0.25) is 0 Å². The number of aliphatic imine (C=N–C) groups is 1. The number of thioether (sulfide) groups is 1. The van der Waals surface area contributed by atoms with Gasteiger partial charge in [0.1, 0.15) is 0 Å². The van der Waals surface area contributed by atoms with E-state index < -0.39 is 0 Å². The summed E-state index contributed by atoms with van der Waals surface area (Å²) in [5, 5.41) is 6.80. The molecule has 5 heteroatoms. The van der Waals surface area contributed by atoms with Crippen LogP contribution in [0.4, 0.5) is 0 Å². The number of rotatable bonds is 5. The average Bonchev–Trinajstić information content (AvgIpc) is 2.35. The molecule has 1 saturated carbocycles. The molecule has 1 fully saturated rings. The summed E-state index contributed by atoms with van der Waals surface area (Å²) in [6.45, 7) is 4.44. The van der Waals surface area contributed by atoms with E-state index in [1.54, 1.807) is 0 Å². The Morgan fingerprint density at radius 3 is 2.61 bits per heavy atom. The van der Waals surface area contributed by atoms with Crippen LogP contribution >= 0.6 is 35.7 Å². The molecule has 1 aliphatic carbocycles. The molecule has 0 heterocycles. The van der Waals surface area contributed by atoms with Crippen molar-refractivity contribution in [1.29, 1.82) is 0 Å². The van der Waals surface area contributed by atoms with Crippen LogP contribution in [0.1, 0.15) is 32.6 Å². The van der Waals surface area contributed by atoms with Gasteiger partial charge in [-0.15, -0.1) is 24.0 Å². The Morgan fingerprint density at radius 1 is 1.28 bits per heavy atom. The van der Waals surface area contributed by atoms with Gasteiger partial charge in [0.05, 0.1) is 0 Å². The van der Waals surface area contributed by atoms with Crippen LogP contribution in [0.5, 0.6) is 0 Å². The number of halogens is 1. The minimum Gasteiger partial charge on any atom is -0.356 e. The second-order valence-corrected chi connectivity index (χ2v) is 5.88. The molecule has 3 nitrogen and oxygen atoms in total. The highest BCUT2D eigenvalue weighted by Crippen LogP contribution is 2.28. The van der Waals surface area contributed by atoms with Gasteiger partial charge in [0.2, 0.25) is 0 Å². The summed E-state index contributed by atoms with van der Waals surface area (Å²) >= 11 is 1.86. The summed E-state index contributed by atoms with van der Waals surface area (Å²) in [6.07, 6.45) is 7.70. The van der Waals surface area contributed by atoms with Crippen LogP contribution in [0.15, 0.2) is 4.99 Å². The molecular formula is C13H28IN3S. The zero-order valence-corrected chi connectivity index (χ0v) is 15.0. The third-order valence-electron chi connectivity index (χ3n) is 3.64. The molecule has 2 unspecified atom stereocenters. The van der Waals surface area contributed by atoms with E-state index in [0.29, 0.717) is 0 Å². The maximum Gasteiger partial charge on any atom is 0.191 e. The molecule has 18 heavy (non-hydrogen) atoms. The Kier molecular flexibility index (Phi) is 11.4. The molecule has 108 valence electrons. The van der Waals surface area contributed by atoms with Crippen molar-refractivity contribution in [3.05, 3.63) is 0 Å². The molecule has 0 aliphatic heterocycles. The highest BCUT2D eigenvalue weighted by atomic mass is 127. The van der Waals surface area contributed by atoms with E-state index in [1.807, 2.05) is 18.8 Å². The van der Waals surface area contributed by atoms with Crippen LogP contribution < -0.4 is 10.6 Å². The lowest BCUT2D eigenvalue weighted by atomic mass is 9.80. The first-order chi connectivity index (χ1) is 8.27. The highest BCUT2D eigenvalue weighted by molar-refractivity contribution is 14.0. The quantitative estimate of drug-likeness (QED) is 0.331. The lowest BCUT2D eigenvalue weighted by Crippen LogP contribution is -2.42. The molecule has 2 N–H and O–H groups in total. The normalized spacial score (nSPS) is 24.3. The third-order valence-corrected chi connectivity index (χ3v) is 4.26. The Balaban J connectivity index is 0.00000289. The lowest BCUT2D eigenvalue weighted by molar-refractivity contribution is 0.256. The SMILES string of the molecule is CN=C(NCCSC)NCC1CCCCC1C.I. The van der Waals surface area contributed by atoms with Crippen molar-refractivity contribution in [3.63, 3.8) is 0 Å². The van der Waals surface area contributed by atoms with Gasteiger partial charge in [-0.2, -0.15) is 11.8 Å². The second kappa shape index (κ2) is 11.2. The van der Waals surface area contributed by atoms with Crippen LogP contribution in [0.25, 0.3) is 0 Å². The van der Waals surface area contributed by atoms with Gasteiger partial charge in [-0.25, -0.2) is 0 Å². The molecule has 0 spiro atoms. The maximum absolute atomic E-state index is 4.25. The van der Waals surface area contributed by atoms with Gasteiger partial charge in [0, 0.05) is 25.9 Å². The third kappa shape index (κ3) is 7.07. The summed E-state index contributed by atoms with van der Waals surface area (Å²) in [6, 6.07) is 0. The predicted octanol–water partition coefficient (Wildman–Crippen LogP) is 2.96. The number of guanidine groups is 1. The van der Waals surface area contributed by atoms with Crippen LogP contribution in [-0.4, -0.2) is 38.1 Å². The smallest absolute Gasteiger partial charge is 0.191 e. The summed E-state index contributed by atoms with van der Waals surface area (Å²) in [5.41, 5.74) is 0. The fourth-order valence-electron chi connectivity index (χ4n) is 2.42. The zero-order chi connectivity index (χ0) is 12.5. The summed E-state index contributed by atoms with van der Waals surface area (Å²) in [4.78, 5) is 4.25. The first-order valence-corrected chi connectivity index (χ1v) is 8.10. The van der Waals surface area contributed by atoms with Crippen LogP contribution in [0.3, 0.4) is 0 Å². The number of hydrogen-bond donors (Lipinski definition) is 2. The first kappa shape index (κ1) is 18.4. The Bertz CT molecular complexity index is 236. The van der Waals surface area contributed by atoms with E-state index in [2.05, 4.69) is 28.8 Å². The van der Waals surface area contributed by atoms with Gasteiger partial charge in [0.15, 0.2) is 5.96 Å². The van der Waals surface area contributed by atoms with Crippen LogP contribution in [0, 0.1) is 11.8 Å². The Labute approximate surface area is 133 Å². The largest absolute Gasteiger partial charge is 0.356 e. The molecule has 1 aliphatic rings. The van der Waals surface area contributed by atoms with Crippen LogP contribution in [-0.2, 0) is 0 Å². The average molecular weight is 385 g/mol.